The van der Waals surface area contributed by atoms with Gasteiger partial charge in [-0.25, -0.2) is 0 Å². The maximum atomic E-state index is 6.12. The quantitative estimate of drug-likeness (QED) is 0.782. The van der Waals surface area contributed by atoms with Crippen LogP contribution < -0.4 is 10.5 Å². The van der Waals surface area contributed by atoms with Crippen molar-refractivity contribution in [3.63, 3.8) is 0 Å². The first-order valence-corrected chi connectivity index (χ1v) is 7.64. The van der Waals surface area contributed by atoms with Crippen molar-refractivity contribution in [3.05, 3.63) is 62.0 Å². The molecular formula is C15H14BrCl2NO. The average Bonchev–Trinajstić information content (AvgIpc) is 2.39. The lowest BCUT2D eigenvalue weighted by atomic mass is 10.1. The molecule has 0 fully saturated rings. The third-order valence-corrected chi connectivity index (χ3v) is 3.95. The highest BCUT2D eigenvalue weighted by Gasteiger charge is 2.10. The van der Waals surface area contributed by atoms with Crippen LogP contribution in [0.2, 0.25) is 10.0 Å². The highest BCUT2D eigenvalue weighted by Crippen LogP contribution is 2.29. The highest BCUT2D eigenvalue weighted by atomic mass is 79.9. The number of hydrogen-bond acceptors (Lipinski definition) is 2. The molecule has 0 radical (unpaired) electrons. The molecule has 0 spiro atoms. The van der Waals surface area contributed by atoms with E-state index in [9.17, 15) is 0 Å². The van der Waals surface area contributed by atoms with Crippen LogP contribution in [0.3, 0.4) is 0 Å². The Morgan fingerprint density at radius 1 is 1.20 bits per heavy atom. The minimum Gasteiger partial charge on any atom is -0.488 e. The van der Waals surface area contributed by atoms with Crippen LogP contribution in [0.15, 0.2) is 40.9 Å². The van der Waals surface area contributed by atoms with Gasteiger partial charge in [-0.15, -0.1) is 0 Å². The standard InChI is InChI=1S/C15H14BrCl2NO/c1-9(19)13-4-2-11(16)7-15(13)20-8-10-6-12(17)3-5-14(10)18/h2-7,9H,8,19H2,1H3. The van der Waals surface area contributed by atoms with Crippen molar-refractivity contribution in [1.82, 2.24) is 0 Å². The second-order valence-electron chi connectivity index (χ2n) is 4.50. The van der Waals surface area contributed by atoms with Gasteiger partial charge in [0, 0.05) is 31.7 Å². The van der Waals surface area contributed by atoms with E-state index in [-0.39, 0.29) is 6.04 Å². The number of ether oxygens (including phenoxy) is 1. The largest absolute Gasteiger partial charge is 0.488 e. The molecule has 0 aromatic heterocycles. The van der Waals surface area contributed by atoms with Gasteiger partial charge in [0.25, 0.3) is 0 Å². The molecule has 0 aliphatic heterocycles. The van der Waals surface area contributed by atoms with Crippen LogP contribution in [0.5, 0.6) is 5.75 Å². The summed E-state index contributed by atoms with van der Waals surface area (Å²) < 4.78 is 6.79. The van der Waals surface area contributed by atoms with Gasteiger partial charge in [-0.2, -0.15) is 0 Å². The summed E-state index contributed by atoms with van der Waals surface area (Å²) in [5.74, 6) is 0.741. The Morgan fingerprint density at radius 2 is 1.95 bits per heavy atom. The van der Waals surface area contributed by atoms with Gasteiger partial charge in [-0.1, -0.05) is 45.2 Å². The van der Waals surface area contributed by atoms with E-state index in [1.807, 2.05) is 25.1 Å². The van der Waals surface area contributed by atoms with Crippen LogP contribution in [0, 0.1) is 0 Å². The van der Waals surface area contributed by atoms with Gasteiger partial charge in [0.15, 0.2) is 0 Å². The average molecular weight is 375 g/mol. The molecule has 1 atom stereocenters. The summed E-state index contributed by atoms with van der Waals surface area (Å²) in [6.45, 7) is 2.26. The smallest absolute Gasteiger partial charge is 0.125 e. The van der Waals surface area contributed by atoms with E-state index in [0.717, 1.165) is 21.3 Å². The summed E-state index contributed by atoms with van der Waals surface area (Å²) >= 11 is 15.5. The van der Waals surface area contributed by atoms with Crippen LogP contribution in [0.4, 0.5) is 0 Å². The molecule has 0 aliphatic carbocycles. The van der Waals surface area contributed by atoms with Crippen molar-refractivity contribution in [2.24, 2.45) is 5.73 Å². The Labute approximate surface area is 137 Å². The lowest BCUT2D eigenvalue weighted by Gasteiger charge is -2.15. The molecule has 5 heteroatoms. The molecule has 0 aliphatic rings. The van der Waals surface area contributed by atoms with E-state index < -0.39 is 0 Å². The van der Waals surface area contributed by atoms with Gasteiger partial charge in [0.1, 0.15) is 12.4 Å². The van der Waals surface area contributed by atoms with E-state index >= 15 is 0 Å². The molecule has 2 rings (SSSR count). The van der Waals surface area contributed by atoms with Crippen LogP contribution in [0.25, 0.3) is 0 Å². The topological polar surface area (TPSA) is 35.2 Å². The van der Waals surface area contributed by atoms with E-state index in [0.29, 0.717) is 16.7 Å². The minimum atomic E-state index is -0.104. The molecule has 2 aromatic carbocycles. The number of nitrogens with two attached hydrogens (primary N) is 1. The molecular weight excluding hydrogens is 361 g/mol. The first-order valence-electron chi connectivity index (χ1n) is 6.09. The molecule has 2 N–H and O–H groups in total. The lowest BCUT2D eigenvalue weighted by Crippen LogP contribution is -2.08. The van der Waals surface area contributed by atoms with E-state index in [2.05, 4.69) is 15.9 Å². The summed E-state index contributed by atoms with van der Waals surface area (Å²) in [5, 5.41) is 1.27. The number of halogens is 3. The Morgan fingerprint density at radius 3 is 2.65 bits per heavy atom. The molecule has 0 bridgehead atoms. The van der Waals surface area contributed by atoms with Crippen LogP contribution in [-0.4, -0.2) is 0 Å². The minimum absolute atomic E-state index is 0.104. The molecule has 2 nitrogen and oxygen atoms in total. The van der Waals surface area contributed by atoms with Crippen LogP contribution >= 0.6 is 39.1 Å². The van der Waals surface area contributed by atoms with E-state index in [1.54, 1.807) is 18.2 Å². The summed E-state index contributed by atoms with van der Waals surface area (Å²) in [4.78, 5) is 0. The fourth-order valence-corrected chi connectivity index (χ4v) is 2.53. The number of rotatable bonds is 4. The Hall–Kier alpha value is -0.740. The van der Waals surface area contributed by atoms with Gasteiger partial charge in [0.2, 0.25) is 0 Å². The van der Waals surface area contributed by atoms with Crippen molar-refractivity contribution in [3.8, 4) is 5.75 Å². The van der Waals surface area contributed by atoms with Gasteiger partial charge < -0.3 is 10.5 Å². The van der Waals surface area contributed by atoms with Crippen molar-refractivity contribution in [2.45, 2.75) is 19.6 Å². The zero-order valence-corrected chi connectivity index (χ0v) is 14.0. The number of hydrogen-bond donors (Lipinski definition) is 1. The van der Waals surface area contributed by atoms with Gasteiger partial charge in [0.05, 0.1) is 0 Å². The molecule has 0 saturated carbocycles. The van der Waals surface area contributed by atoms with Crippen LogP contribution in [-0.2, 0) is 6.61 Å². The zero-order valence-electron chi connectivity index (χ0n) is 10.9. The normalized spacial score (nSPS) is 12.2. The Bertz CT molecular complexity index is 617. The third kappa shape index (κ3) is 3.89. The Balaban J connectivity index is 2.22. The molecule has 0 heterocycles. The van der Waals surface area contributed by atoms with Gasteiger partial charge >= 0.3 is 0 Å². The Kier molecular flexibility index (Phi) is 5.33. The van der Waals surface area contributed by atoms with Crippen molar-refractivity contribution < 1.29 is 4.74 Å². The summed E-state index contributed by atoms with van der Waals surface area (Å²) in [6.07, 6.45) is 0. The predicted molar refractivity (Wildman–Crippen MR) is 87.5 cm³/mol. The predicted octanol–water partition coefficient (Wildman–Crippen LogP) is 5.35. The van der Waals surface area contributed by atoms with Crippen molar-refractivity contribution in [1.29, 1.82) is 0 Å². The van der Waals surface area contributed by atoms with Gasteiger partial charge in [-0.05, 0) is 37.3 Å². The highest BCUT2D eigenvalue weighted by molar-refractivity contribution is 9.10. The molecule has 0 saturated heterocycles. The lowest BCUT2D eigenvalue weighted by molar-refractivity contribution is 0.301. The molecule has 2 aromatic rings. The van der Waals surface area contributed by atoms with Crippen LogP contribution in [0.1, 0.15) is 24.1 Å². The molecule has 106 valence electrons. The summed E-state index contributed by atoms with van der Waals surface area (Å²) in [5.41, 5.74) is 7.74. The second-order valence-corrected chi connectivity index (χ2v) is 6.25. The first kappa shape index (κ1) is 15.6. The molecule has 0 amide bonds. The third-order valence-electron chi connectivity index (χ3n) is 2.86. The molecule has 20 heavy (non-hydrogen) atoms. The maximum absolute atomic E-state index is 6.12. The SMILES string of the molecule is CC(N)c1ccc(Br)cc1OCc1cc(Cl)ccc1Cl. The number of benzene rings is 2. The van der Waals surface area contributed by atoms with Gasteiger partial charge in [-0.3, -0.25) is 0 Å². The monoisotopic (exact) mass is 373 g/mol. The first-order chi connectivity index (χ1) is 9.47. The maximum Gasteiger partial charge on any atom is 0.125 e. The molecule has 1 unspecified atom stereocenters. The van der Waals surface area contributed by atoms with Crippen molar-refractivity contribution >= 4 is 39.1 Å². The van der Waals surface area contributed by atoms with E-state index in [4.69, 9.17) is 33.7 Å². The van der Waals surface area contributed by atoms with Crippen molar-refractivity contribution in [2.75, 3.05) is 0 Å². The summed E-state index contributed by atoms with van der Waals surface area (Å²) in [7, 11) is 0. The fraction of sp³-hybridized carbons (Fsp3) is 0.200. The zero-order chi connectivity index (χ0) is 14.7. The second kappa shape index (κ2) is 6.81. The summed E-state index contributed by atoms with van der Waals surface area (Å²) in [6, 6.07) is 11.0. The fourth-order valence-electron chi connectivity index (χ4n) is 1.82. The van der Waals surface area contributed by atoms with E-state index in [1.165, 1.54) is 0 Å².